The van der Waals surface area contributed by atoms with Gasteiger partial charge in [0.1, 0.15) is 0 Å². The van der Waals surface area contributed by atoms with Gasteiger partial charge in [-0.2, -0.15) is 0 Å². The van der Waals surface area contributed by atoms with Gasteiger partial charge in [0.05, 0.1) is 0 Å². The molecule has 0 aliphatic carbocycles. The molecule has 2 atom stereocenters. The predicted octanol–water partition coefficient (Wildman–Crippen LogP) is 2.81. The highest BCUT2D eigenvalue weighted by Crippen LogP contribution is 2.35. The van der Waals surface area contributed by atoms with E-state index in [0.717, 1.165) is 29.8 Å². The van der Waals surface area contributed by atoms with E-state index in [-0.39, 0.29) is 0 Å². The number of hydrogen-bond donors (Lipinski definition) is 1. The summed E-state index contributed by atoms with van der Waals surface area (Å²) in [5, 5.41) is 3.77. The third-order valence-corrected chi connectivity index (χ3v) is 3.96. The Morgan fingerprint density at radius 1 is 1.00 bits per heavy atom. The molecule has 2 heterocycles. The van der Waals surface area contributed by atoms with Crippen LogP contribution in [0.5, 0.6) is 0 Å². The molecule has 0 amide bonds. The molecule has 2 aliphatic rings. The van der Waals surface area contributed by atoms with Crippen molar-refractivity contribution in [3.63, 3.8) is 0 Å². The fourth-order valence-electron chi connectivity index (χ4n) is 3.24. The molecule has 2 rings (SSSR count). The highest BCUT2D eigenvalue weighted by atomic mass is 15.0. The van der Waals surface area contributed by atoms with Gasteiger partial charge in [0.2, 0.25) is 0 Å². The zero-order chi connectivity index (χ0) is 9.42. The van der Waals surface area contributed by atoms with Crippen LogP contribution in [0.2, 0.25) is 0 Å². The van der Waals surface area contributed by atoms with Gasteiger partial charge >= 0.3 is 0 Å². The summed E-state index contributed by atoms with van der Waals surface area (Å²) < 4.78 is 0. The zero-order valence-electron chi connectivity index (χ0n) is 9.22. The maximum absolute atomic E-state index is 3.77. The number of rotatable bonds is 1. The largest absolute Gasteiger partial charge is 0.311 e. The first-order chi connectivity index (χ1) is 6.15. The quantitative estimate of drug-likeness (QED) is 0.656. The van der Waals surface area contributed by atoms with Crippen molar-refractivity contribution < 1.29 is 0 Å². The van der Waals surface area contributed by atoms with Crippen LogP contribution in [0, 0.1) is 17.8 Å². The monoisotopic (exact) mass is 181 g/mol. The Bertz CT molecular complexity index is 158. The van der Waals surface area contributed by atoms with Crippen LogP contribution in [-0.2, 0) is 0 Å². The summed E-state index contributed by atoms with van der Waals surface area (Å²) in [4.78, 5) is 0. The fraction of sp³-hybridized carbons (Fsp3) is 1.00. The van der Waals surface area contributed by atoms with E-state index >= 15 is 0 Å². The lowest BCUT2D eigenvalue weighted by Crippen LogP contribution is -2.51. The van der Waals surface area contributed by atoms with Crippen molar-refractivity contribution >= 4 is 0 Å². The van der Waals surface area contributed by atoms with E-state index in [1.165, 1.54) is 25.7 Å². The molecule has 13 heavy (non-hydrogen) atoms. The summed E-state index contributed by atoms with van der Waals surface area (Å²) in [6, 6.07) is 1.68. The first-order valence-electron chi connectivity index (χ1n) is 5.91. The number of hydrogen-bond acceptors (Lipinski definition) is 1. The molecule has 2 unspecified atom stereocenters. The first kappa shape index (κ1) is 9.51. The third kappa shape index (κ3) is 2.07. The minimum atomic E-state index is 0.842. The lowest BCUT2D eigenvalue weighted by molar-refractivity contribution is 0.126. The van der Waals surface area contributed by atoms with Crippen LogP contribution < -0.4 is 5.32 Å². The smallest absolute Gasteiger partial charge is 0.00749 e. The second kappa shape index (κ2) is 3.61. The van der Waals surface area contributed by atoms with Crippen LogP contribution in [-0.4, -0.2) is 12.1 Å². The van der Waals surface area contributed by atoms with Gasteiger partial charge in [-0.15, -0.1) is 0 Å². The molecule has 1 N–H and O–H groups in total. The first-order valence-corrected chi connectivity index (χ1v) is 5.91. The van der Waals surface area contributed by atoms with E-state index in [1.807, 2.05) is 0 Å². The van der Waals surface area contributed by atoms with Crippen LogP contribution >= 0.6 is 0 Å². The van der Waals surface area contributed by atoms with Crippen molar-refractivity contribution in [3.05, 3.63) is 0 Å². The lowest BCUT2D eigenvalue weighted by atomic mass is 9.73. The SMILES string of the molecule is CC1CC2CC(C(C)C)CC(C1)N2. The van der Waals surface area contributed by atoms with Crippen LogP contribution in [0.4, 0.5) is 0 Å². The van der Waals surface area contributed by atoms with Crippen LogP contribution in [0.15, 0.2) is 0 Å². The Morgan fingerprint density at radius 3 is 2.00 bits per heavy atom. The van der Waals surface area contributed by atoms with E-state index in [2.05, 4.69) is 26.1 Å². The summed E-state index contributed by atoms with van der Waals surface area (Å²) in [5.41, 5.74) is 0. The second-order valence-corrected chi connectivity index (χ2v) is 5.61. The minimum Gasteiger partial charge on any atom is -0.311 e. The molecule has 1 heteroatoms. The van der Waals surface area contributed by atoms with E-state index in [0.29, 0.717) is 0 Å². The van der Waals surface area contributed by atoms with E-state index in [1.54, 1.807) is 0 Å². The molecule has 2 saturated heterocycles. The van der Waals surface area contributed by atoms with Crippen LogP contribution in [0.1, 0.15) is 46.5 Å². The second-order valence-electron chi connectivity index (χ2n) is 5.61. The normalized spacial score (nSPS) is 45.2. The molecule has 0 spiro atoms. The van der Waals surface area contributed by atoms with Crippen molar-refractivity contribution in [2.75, 3.05) is 0 Å². The Kier molecular flexibility index (Phi) is 2.64. The van der Waals surface area contributed by atoms with Gasteiger partial charge in [-0.3, -0.25) is 0 Å². The highest BCUT2D eigenvalue weighted by molar-refractivity contribution is 4.92. The minimum absolute atomic E-state index is 0.842. The zero-order valence-corrected chi connectivity index (χ0v) is 9.22. The van der Waals surface area contributed by atoms with Gasteiger partial charge in [-0.25, -0.2) is 0 Å². The van der Waals surface area contributed by atoms with Gasteiger partial charge in [0.25, 0.3) is 0 Å². The lowest BCUT2D eigenvalue weighted by Gasteiger charge is -2.44. The third-order valence-electron chi connectivity index (χ3n) is 3.96. The molecule has 2 fully saturated rings. The predicted molar refractivity (Wildman–Crippen MR) is 56.7 cm³/mol. The molecule has 76 valence electrons. The number of piperidine rings is 2. The Labute approximate surface area is 82.3 Å². The van der Waals surface area contributed by atoms with Crippen molar-refractivity contribution in [1.29, 1.82) is 0 Å². The number of nitrogens with one attached hydrogen (secondary N) is 1. The molecule has 2 bridgehead atoms. The Morgan fingerprint density at radius 2 is 1.54 bits per heavy atom. The van der Waals surface area contributed by atoms with E-state index < -0.39 is 0 Å². The van der Waals surface area contributed by atoms with Crippen molar-refractivity contribution in [3.8, 4) is 0 Å². The van der Waals surface area contributed by atoms with Crippen molar-refractivity contribution in [1.82, 2.24) is 5.32 Å². The molecule has 1 nitrogen and oxygen atoms in total. The fourth-order valence-corrected chi connectivity index (χ4v) is 3.24. The molecule has 0 saturated carbocycles. The van der Waals surface area contributed by atoms with Gasteiger partial charge in [-0.05, 0) is 43.4 Å². The Balaban J connectivity index is 1.97. The van der Waals surface area contributed by atoms with Crippen LogP contribution in [0.25, 0.3) is 0 Å². The molecule has 0 aromatic heterocycles. The van der Waals surface area contributed by atoms with Gasteiger partial charge in [-0.1, -0.05) is 20.8 Å². The highest BCUT2D eigenvalue weighted by Gasteiger charge is 2.34. The van der Waals surface area contributed by atoms with Gasteiger partial charge in [0, 0.05) is 12.1 Å². The molecule has 0 aromatic rings. The van der Waals surface area contributed by atoms with Gasteiger partial charge < -0.3 is 5.32 Å². The average Bonchev–Trinajstić information content (AvgIpc) is 2.01. The summed E-state index contributed by atoms with van der Waals surface area (Å²) in [7, 11) is 0. The van der Waals surface area contributed by atoms with E-state index in [9.17, 15) is 0 Å². The maximum atomic E-state index is 3.77. The molecular formula is C12H23N. The van der Waals surface area contributed by atoms with E-state index in [4.69, 9.17) is 0 Å². The van der Waals surface area contributed by atoms with Crippen molar-refractivity contribution in [2.24, 2.45) is 17.8 Å². The summed E-state index contributed by atoms with van der Waals surface area (Å²) in [6.07, 6.45) is 5.69. The molecule has 0 aromatic carbocycles. The average molecular weight is 181 g/mol. The Hall–Kier alpha value is -0.0400. The number of fused-ring (bicyclic) bond motifs is 2. The topological polar surface area (TPSA) is 12.0 Å². The maximum Gasteiger partial charge on any atom is 0.00749 e. The van der Waals surface area contributed by atoms with Crippen molar-refractivity contribution in [2.45, 2.75) is 58.5 Å². The standard InChI is InChI=1S/C12H23N/c1-8(2)10-6-11-4-9(3)5-12(7-10)13-11/h8-13H,4-7H2,1-3H3. The van der Waals surface area contributed by atoms with Gasteiger partial charge in [0.15, 0.2) is 0 Å². The molecule has 0 radical (unpaired) electrons. The summed E-state index contributed by atoms with van der Waals surface area (Å²) >= 11 is 0. The molecular weight excluding hydrogens is 158 g/mol. The van der Waals surface area contributed by atoms with Crippen LogP contribution in [0.3, 0.4) is 0 Å². The summed E-state index contributed by atoms with van der Waals surface area (Å²) in [5.74, 6) is 2.84. The summed E-state index contributed by atoms with van der Waals surface area (Å²) in [6.45, 7) is 7.18. The molecule has 2 aliphatic heterocycles.